The van der Waals surface area contributed by atoms with E-state index in [0.29, 0.717) is 46.8 Å². The van der Waals surface area contributed by atoms with Gasteiger partial charge in [-0.3, -0.25) is 30.7 Å². The Morgan fingerprint density at radius 1 is 1.11 bits per heavy atom. The van der Waals surface area contributed by atoms with Crippen LogP contribution in [-0.2, 0) is 10.5 Å². The van der Waals surface area contributed by atoms with Gasteiger partial charge >= 0.3 is 6.03 Å². The van der Waals surface area contributed by atoms with Gasteiger partial charge in [0.05, 0.1) is 11.3 Å². The topological polar surface area (TPSA) is 138 Å². The maximum absolute atomic E-state index is 14.6. The first kappa shape index (κ1) is 25.2. The third kappa shape index (κ3) is 5.65. The van der Waals surface area contributed by atoms with Gasteiger partial charge < -0.3 is 5.32 Å². The molecule has 12 heteroatoms. The lowest BCUT2D eigenvalue weighted by molar-refractivity contribution is -0.124. The van der Waals surface area contributed by atoms with Gasteiger partial charge in [0.15, 0.2) is 5.67 Å². The molecular formula is C24H26FN7O3S. The fraction of sp³-hybridized carbons (Fsp3) is 0.333. The van der Waals surface area contributed by atoms with Crippen molar-refractivity contribution in [3.05, 3.63) is 47.4 Å². The van der Waals surface area contributed by atoms with Crippen molar-refractivity contribution in [2.24, 2.45) is 5.92 Å². The lowest BCUT2D eigenvalue weighted by atomic mass is 10.0. The van der Waals surface area contributed by atoms with Crippen LogP contribution in [0.4, 0.5) is 15.0 Å². The van der Waals surface area contributed by atoms with Gasteiger partial charge in [0, 0.05) is 53.1 Å². The molecule has 188 valence electrons. The molecule has 0 aliphatic heterocycles. The van der Waals surface area contributed by atoms with E-state index in [2.05, 4.69) is 36.4 Å². The summed E-state index contributed by atoms with van der Waals surface area (Å²) in [5.41, 5.74) is 5.71. The second kappa shape index (κ2) is 10.4. The van der Waals surface area contributed by atoms with E-state index < -0.39 is 17.6 Å². The summed E-state index contributed by atoms with van der Waals surface area (Å²) < 4.78 is 14.6. The zero-order valence-electron chi connectivity index (χ0n) is 20.0. The second-order valence-electron chi connectivity index (χ2n) is 8.66. The van der Waals surface area contributed by atoms with Crippen molar-refractivity contribution in [1.29, 1.82) is 0 Å². The summed E-state index contributed by atoms with van der Waals surface area (Å²) in [4.78, 5) is 49.4. The molecule has 3 aromatic rings. The molecule has 4 rings (SSSR count). The Bertz CT molecular complexity index is 1310. The number of thiazole rings is 1. The number of hydrogen-bond acceptors (Lipinski definition) is 7. The van der Waals surface area contributed by atoms with Crippen LogP contribution in [0.15, 0.2) is 36.1 Å². The number of nitrogens with one attached hydrogen (secondary N) is 4. The van der Waals surface area contributed by atoms with Gasteiger partial charge in [-0.05, 0) is 31.9 Å². The average Bonchev–Trinajstić information content (AvgIpc) is 3.41. The molecule has 1 saturated carbocycles. The predicted molar refractivity (Wildman–Crippen MR) is 134 cm³/mol. The van der Waals surface area contributed by atoms with Gasteiger partial charge in [0.2, 0.25) is 5.91 Å². The number of anilines is 1. The Hall–Kier alpha value is -3.93. The number of rotatable bonds is 7. The molecule has 1 aliphatic carbocycles. The van der Waals surface area contributed by atoms with Crippen molar-refractivity contribution in [3.8, 4) is 21.7 Å². The number of aromatic nitrogens is 3. The van der Waals surface area contributed by atoms with Crippen molar-refractivity contribution >= 4 is 35.0 Å². The summed E-state index contributed by atoms with van der Waals surface area (Å²) in [6.07, 6.45) is 5.36. The number of pyridine rings is 2. The van der Waals surface area contributed by atoms with E-state index in [1.54, 1.807) is 50.7 Å². The molecule has 0 saturated heterocycles. The predicted octanol–water partition coefficient (Wildman–Crippen LogP) is 3.78. The monoisotopic (exact) mass is 511 g/mol. The van der Waals surface area contributed by atoms with Gasteiger partial charge in [-0.1, -0.05) is 13.8 Å². The molecule has 0 bridgehead atoms. The molecule has 3 aromatic heterocycles. The summed E-state index contributed by atoms with van der Waals surface area (Å²) in [5.74, 6) is -0.865. The molecule has 10 nitrogen and oxygen atoms in total. The molecular weight excluding hydrogens is 485 g/mol. The number of carbonyl (C=O) groups is 3. The molecule has 0 spiro atoms. The molecule has 3 heterocycles. The Labute approximate surface area is 211 Å². The highest BCUT2D eigenvalue weighted by molar-refractivity contribution is 7.13. The van der Waals surface area contributed by atoms with Crippen LogP contribution < -0.4 is 21.5 Å². The fourth-order valence-electron chi connectivity index (χ4n) is 3.27. The minimum Gasteiger partial charge on any atom is -0.338 e. The van der Waals surface area contributed by atoms with E-state index >= 15 is 0 Å². The van der Waals surface area contributed by atoms with Gasteiger partial charge in [-0.25, -0.2) is 19.2 Å². The maximum Gasteiger partial charge on any atom is 0.320 e. The van der Waals surface area contributed by atoms with Crippen LogP contribution in [0.3, 0.4) is 0 Å². The number of hydrazine groups is 1. The number of hydrogen-bond donors (Lipinski definition) is 4. The first-order valence-electron chi connectivity index (χ1n) is 11.5. The molecule has 36 heavy (non-hydrogen) atoms. The quantitative estimate of drug-likeness (QED) is 0.356. The Morgan fingerprint density at radius 3 is 2.58 bits per heavy atom. The van der Waals surface area contributed by atoms with Gasteiger partial charge in [0.1, 0.15) is 10.8 Å². The van der Waals surface area contributed by atoms with Crippen LogP contribution in [0.1, 0.15) is 49.7 Å². The molecule has 4 amide bonds. The standard InChI is InChI=1S/C24H26FN7O3S/c1-4-27-23(35)30-19-8-16(22-29-18(12-36-22)24(25)5-6-24)17(11-28-19)14-7-15(10-26-9-14)21(34)32-31-20(33)13(2)3/h7-13H,4-6H2,1-3H3,(H,31,33)(H,32,34)(H2,27,28,30,35). The molecule has 0 atom stereocenters. The van der Waals surface area contributed by atoms with E-state index in [1.165, 1.54) is 17.5 Å². The zero-order chi connectivity index (χ0) is 25.9. The van der Waals surface area contributed by atoms with Crippen LogP contribution in [0.5, 0.6) is 0 Å². The molecule has 1 aliphatic rings. The van der Waals surface area contributed by atoms with Crippen molar-refractivity contribution < 1.29 is 18.8 Å². The fourth-order valence-corrected chi connectivity index (χ4v) is 4.20. The largest absolute Gasteiger partial charge is 0.338 e. The first-order valence-corrected chi connectivity index (χ1v) is 12.3. The lowest BCUT2D eigenvalue weighted by Gasteiger charge is -2.12. The van der Waals surface area contributed by atoms with E-state index in [0.717, 1.165) is 0 Å². The third-order valence-electron chi connectivity index (χ3n) is 5.50. The van der Waals surface area contributed by atoms with E-state index in [9.17, 15) is 18.8 Å². The van der Waals surface area contributed by atoms with Crippen molar-refractivity contribution in [2.75, 3.05) is 11.9 Å². The Balaban J connectivity index is 1.68. The average molecular weight is 512 g/mol. The number of halogens is 1. The SMILES string of the molecule is CCNC(=O)Nc1cc(-c2nc(C3(F)CC3)cs2)c(-c2cncc(C(=O)NNC(=O)C(C)C)c2)cn1. The molecule has 0 radical (unpaired) electrons. The van der Waals surface area contributed by atoms with Gasteiger partial charge in [-0.2, -0.15) is 0 Å². The minimum absolute atomic E-state index is 0.215. The first-order chi connectivity index (χ1) is 17.2. The van der Waals surface area contributed by atoms with Crippen LogP contribution >= 0.6 is 11.3 Å². The van der Waals surface area contributed by atoms with Crippen LogP contribution in [0, 0.1) is 5.92 Å². The van der Waals surface area contributed by atoms with Crippen LogP contribution in [-0.4, -0.2) is 39.3 Å². The zero-order valence-corrected chi connectivity index (χ0v) is 20.8. The lowest BCUT2D eigenvalue weighted by Crippen LogP contribution is -2.43. The Morgan fingerprint density at radius 2 is 1.89 bits per heavy atom. The highest BCUT2D eigenvalue weighted by Gasteiger charge is 2.47. The second-order valence-corrected chi connectivity index (χ2v) is 9.52. The minimum atomic E-state index is -1.38. The molecule has 0 aromatic carbocycles. The van der Waals surface area contributed by atoms with E-state index in [4.69, 9.17) is 0 Å². The normalized spacial score (nSPS) is 13.7. The van der Waals surface area contributed by atoms with Crippen molar-refractivity contribution in [3.63, 3.8) is 0 Å². The summed E-state index contributed by atoms with van der Waals surface area (Å²) in [7, 11) is 0. The Kier molecular flexibility index (Phi) is 7.25. The van der Waals surface area contributed by atoms with Crippen molar-refractivity contribution in [2.45, 2.75) is 39.3 Å². The van der Waals surface area contributed by atoms with E-state index in [1.807, 2.05) is 0 Å². The highest BCUT2D eigenvalue weighted by atomic mass is 32.1. The third-order valence-corrected chi connectivity index (χ3v) is 6.38. The summed E-state index contributed by atoms with van der Waals surface area (Å²) in [6, 6.07) is 2.85. The summed E-state index contributed by atoms with van der Waals surface area (Å²) >= 11 is 1.29. The molecule has 0 unspecified atom stereocenters. The number of amides is 4. The smallest absolute Gasteiger partial charge is 0.320 e. The molecule has 4 N–H and O–H groups in total. The van der Waals surface area contributed by atoms with E-state index in [-0.39, 0.29) is 23.2 Å². The van der Waals surface area contributed by atoms with Crippen molar-refractivity contribution in [1.82, 2.24) is 31.1 Å². The van der Waals surface area contributed by atoms with Gasteiger partial charge in [0.25, 0.3) is 5.91 Å². The number of carbonyl (C=O) groups excluding carboxylic acids is 3. The summed E-state index contributed by atoms with van der Waals surface area (Å²) in [5, 5.41) is 7.55. The maximum atomic E-state index is 14.6. The number of nitrogens with zero attached hydrogens (tertiary/aromatic N) is 3. The van der Waals surface area contributed by atoms with Crippen LogP contribution in [0.2, 0.25) is 0 Å². The van der Waals surface area contributed by atoms with Crippen LogP contribution in [0.25, 0.3) is 21.7 Å². The summed E-state index contributed by atoms with van der Waals surface area (Å²) in [6.45, 7) is 5.66. The van der Waals surface area contributed by atoms with Gasteiger partial charge in [-0.15, -0.1) is 11.3 Å². The molecule has 1 fully saturated rings. The number of alkyl halides is 1. The number of urea groups is 1. The highest BCUT2D eigenvalue weighted by Crippen LogP contribution is 2.50.